The average Bonchev–Trinajstić information content (AvgIpc) is 2.28. The van der Waals surface area contributed by atoms with E-state index >= 15 is 0 Å². The number of hydrogen-bond donors (Lipinski definition) is 1. The fraction of sp³-hybridized carbons (Fsp3) is 0.500. The molecule has 1 aliphatic rings. The first-order valence-corrected chi connectivity index (χ1v) is 5.75. The average molecular weight is 335 g/mol. The number of halogens is 6. The van der Waals surface area contributed by atoms with Gasteiger partial charge in [0.15, 0.2) is 0 Å². The van der Waals surface area contributed by atoms with Crippen molar-refractivity contribution in [3.8, 4) is 0 Å². The predicted molar refractivity (Wildman–Crippen MR) is 74.1 cm³/mol. The molecule has 2 nitrogen and oxygen atoms in total. The third kappa shape index (κ3) is 4.77. The fourth-order valence-corrected chi connectivity index (χ4v) is 2.22. The van der Waals surface area contributed by atoms with E-state index in [9.17, 15) is 17.6 Å². The van der Waals surface area contributed by atoms with E-state index in [1.165, 1.54) is 17.0 Å². The van der Waals surface area contributed by atoms with Gasteiger partial charge in [0.1, 0.15) is 11.9 Å². The lowest BCUT2D eigenvalue weighted by Gasteiger charge is -2.36. The highest BCUT2D eigenvalue weighted by Gasteiger charge is 2.44. The molecule has 0 aromatic heterocycles. The third-order valence-corrected chi connectivity index (χ3v) is 2.99. The van der Waals surface area contributed by atoms with E-state index in [1.807, 2.05) is 0 Å². The molecule has 1 N–H and O–H groups in total. The second-order valence-electron chi connectivity index (χ2n) is 4.29. The molecular weight excluding hydrogens is 319 g/mol. The van der Waals surface area contributed by atoms with E-state index in [0.29, 0.717) is 26.2 Å². The zero-order valence-corrected chi connectivity index (χ0v) is 12.1. The Balaban J connectivity index is 0.00000180. The van der Waals surface area contributed by atoms with E-state index < -0.39 is 18.0 Å². The lowest BCUT2D eigenvalue weighted by atomic mass is 10.0. The Morgan fingerprint density at radius 3 is 2.20 bits per heavy atom. The Morgan fingerprint density at radius 2 is 1.70 bits per heavy atom. The molecule has 20 heavy (non-hydrogen) atoms. The van der Waals surface area contributed by atoms with Gasteiger partial charge in [0, 0.05) is 26.2 Å². The molecule has 2 rings (SSSR count). The lowest BCUT2D eigenvalue weighted by Crippen LogP contribution is -2.49. The van der Waals surface area contributed by atoms with Crippen molar-refractivity contribution in [3.05, 3.63) is 35.6 Å². The third-order valence-electron chi connectivity index (χ3n) is 2.99. The Kier molecular flexibility index (Phi) is 7.80. The van der Waals surface area contributed by atoms with Crippen LogP contribution in [0.15, 0.2) is 24.3 Å². The van der Waals surface area contributed by atoms with Crippen LogP contribution >= 0.6 is 24.8 Å². The van der Waals surface area contributed by atoms with Crippen molar-refractivity contribution < 1.29 is 17.6 Å². The van der Waals surface area contributed by atoms with Gasteiger partial charge >= 0.3 is 6.18 Å². The van der Waals surface area contributed by atoms with Crippen molar-refractivity contribution in [3.63, 3.8) is 0 Å². The van der Waals surface area contributed by atoms with Gasteiger partial charge in [0.2, 0.25) is 0 Å². The van der Waals surface area contributed by atoms with Crippen molar-refractivity contribution in [1.82, 2.24) is 10.2 Å². The minimum Gasteiger partial charge on any atom is -0.314 e. The van der Waals surface area contributed by atoms with Crippen LogP contribution in [0.2, 0.25) is 0 Å². The molecule has 116 valence electrons. The number of benzene rings is 1. The smallest absolute Gasteiger partial charge is 0.314 e. The largest absolute Gasteiger partial charge is 0.408 e. The van der Waals surface area contributed by atoms with Crippen molar-refractivity contribution in [1.29, 1.82) is 0 Å². The minimum atomic E-state index is -4.40. The summed E-state index contributed by atoms with van der Waals surface area (Å²) in [6.07, 6.45) is -4.40. The molecule has 0 bridgehead atoms. The van der Waals surface area contributed by atoms with Crippen molar-refractivity contribution >= 4 is 24.8 Å². The van der Waals surface area contributed by atoms with Gasteiger partial charge in [-0.1, -0.05) is 12.1 Å². The first-order chi connectivity index (χ1) is 8.48. The van der Waals surface area contributed by atoms with Crippen LogP contribution in [0.25, 0.3) is 0 Å². The SMILES string of the molecule is Cl.Cl.Fc1cccc([C@@H](N2CCNCC2)C(F)(F)F)c1. The number of piperazine rings is 1. The van der Waals surface area contributed by atoms with E-state index in [0.717, 1.165) is 12.1 Å². The second-order valence-corrected chi connectivity index (χ2v) is 4.29. The van der Waals surface area contributed by atoms with Crippen molar-refractivity contribution in [2.75, 3.05) is 26.2 Å². The van der Waals surface area contributed by atoms with Gasteiger partial charge in [-0.15, -0.1) is 24.8 Å². The first-order valence-electron chi connectivity index (χ1n) is 5.75. The normalized spacial score (nSPS) is 17.8. The lowest BCUT2D eigenvalue weighted by molar-refractivity contribution is -0.187. The maximum absolute atomic E-state index is 13.1. The quantitative estimate of drug-likeness (QED) is 0.835. The number of hydrogen-bond acceptors (Lipinski definition) is 2. The van der Waals surface area contributed by atoms with Gasteiger partial charge in [0.25, 0.3) is 0 Å². The Hall–Kier alpha value is -0.560. The van der Waals surface area contributed by atoms with Gasteiger partial charge in [-0.3, -0.25) is 4.90 Å². The fourth-order valence-electron chi connectivity index (χ4n) is 2.22. The summed E-state index contributed by atoms with van der Waals surface area (Å²) in [6, 6.07) is 3.01. The highest BCUT2D eigenvalue weighted by molar-refractivity contribution is 5.85. The zero-order chi connectivity index (χ0) is 13.2. The molecular formula is C12H16Cl2F4N2. The van der Waals surface area contributed by atoms with E-state index in [4.69, 9.17) is 0 Å². The summed E-state index contributed by atoms with van der Waals surface area (Å²) in [5.41, 5.74) is -0.0376. The van der Waals surface area contributed by atoms with Crippen LogP contribution in [0, 0.1) is 5.82 Å². The van der Waals surface area contributed by atoms with Gasteiger partial charge in [-0.25, -0.2) is 4.39 Å². The second kappa shape index (κ2) is 8.02. The Bertz CT molecular complexity index is 409. The van der Waals surface area contributed by atoms with Crippen LogP contribution in [0.5, 0.6) is 0 Å². The van der Waals surface area contributed by atoms with Crippen molar-refractivity contribution in [2.24, 2.45) is 0 Å². The van der Waals surface area contributed by atoms with Crippen LogP contribution in [0.4, 0.5) is 17.6 Å². The van der Waals surface area contributed by atoms with Crippen molar-refractivity contribution in [2.45, 2.75) is 12.2 Å². The summed E-state index contributed by atoms with van der Waals surface area (Å²) in [5.74, 6) is -0.642. The van der Waals surface area contributed by atoms with Crippen LogP contribution in [-0.4, -0.2) is 37.3 Å². The van der Waals surface area contributed by atoms with Gasteiger partial charge < -0.3 is 5.32 Å². The molecule has 1 fully saturated rings. The summed E-state index contributed by atoms with van der Waals surface area (Å²) >= 11 is 0. The molecule has 1 atom stereocenters. The van der Waals surface area contributed by atoms with Gasteiger partial charge in [-0.05, 0) is 17.7 Å². The van der Waals surface area contributed by atoms with E-state index in [2.05, 4.69) is 5.32 Å². The number of nitrogens with zero attached hydrogens (tertiary/aromatic N) is 1. The molecule has 1 aliphatic heterocycles. The molecule has 0 amide bonds. The van der Waals surface area contributed by atoms with E-state index in [1.54, 1.807) is 0 Å². The predicted octanol–water partition coefficient (Wildman–Crippen LogP) is 3.18. The molecule has 0 radical (unpaired) electrons. The van der Waals surface area contributed by atoms with Gasteiger partial charge in [0.05, 0.1) is 0 Å². The summed E-state index contributed by atoms with van der Waals surface area (Å²) in [7, 11) is 0. The van der Waals surface area contributed by atoms with Gasteiger partial charge in [-0.2, -0.15) is 13.2 Å². The molecule has 0 unspecified atom stereocenters. The Labute approximate surface area is 127 Å². The zero-order valence-electron chi connectivity index (χ0n) is 10.5. The number of nitrogens with one attached hydrogen (secondary N) is 1. The standard InChI is InChI=1S/C12H14F4N2.2ClH/c13-10-3-1-2-9(8-10)11(12(14,15)16)18-6-4-17-5-7-18;;/h1-3,8,11,17H,4-7H2;2*1H/t11-;;/m1../s1. The molecule has 1 aromatic rings. The first kappa shape index (κ1) is 19.4. The van der Waals surface area contributed by atoms with Crippen LogP contribution in [-0.2, 0) is 0 Å². The molecule has 0 aliphatic carbocycles. The number of rotatable bonds is 2. The Morgan fingerprint density at radius 1 is 1.10 bits per heavy atom. The highest BCUT2D eigenvalue weighted by atomic mass is 35.5. The summed E-state index contributed by atoms with van der Waals surface area (Å²) in [4.78, 5) is 1.34. The molecule has 1 aromatic carbocycles. The van der Waals surface area contributed by atoms with Crippen LogP contribution < -0.4 is 5.32 Å². The summed E-state index contributed by atoms with van der Waals surface area (Å²) in [5, 5.41) is 3.00. The molecule has 0 spiro atoms. The topological polar surface area (TPSA) is 15.3 Å². The molecule has 0 saturated carbocycles. The summed E-state index contributed by atoms with van der Waals surface area (Å²) in [6.45, 7) is 1.64. The summed E-state index contributed by atoms with van der Waals surface area (Å²) < 4.78 is 52.5. The maximum Gasteiger partial charge on any atom is 0.408 e. The molecule has 1 saturated heterocycles. The highest BCUT2D eigenvalue weighted by Crippen LogP contribution is 2.37. The molecule has 8 heteroatoms. The van der Waals surface area contributed by atoms with Crippen LogP contribution in [0.3, 0.4) is 0 Å². The molecule has 1 heterocycles. The van der Waals surface area contributed by atoms with Crippen LogP contribution in [0.1, 0.15) is 11.6 Å². The monoisotopic (exact) mass is 334 g/mol. The maximum atomic E-state index is 13.1. The minimum absolute atomic E-state index is 0. The van der Waals surface area contributed by atoms with E-state index in [-0.39, 0.29) is 30.4 Å². The number of alkyl halides is 3.